The molecule has 1 atom stereocenters. The number of nitrogens with zero attached hydrogens (tertiary/aromatic N) is 5. The first-order valence-electron chi connectivity index (χ1n) is 15.0. The molecule has 0 bridgehead atoms. The van der Waals surface area contributed by atoms with Crippen molar-refractivity contribution in [3.8, 4) is 40.7 Å². The van der Waals surface area contributed by atoms with Crippen LogP contribution in [0.4, 0.5) is 5.82 Å². The standard InChI is InChI=1S/C36H33N7O/c1-3-23-7-5-8-25(21-23)30-14-15-32-36(40-30)43(35(41-32)29-9-6-18-38-34(29)37)27-11-12-28-24(22-27)10-13-31(28)39-26-16-19-42(20-17-26)33(44)4-2/h1,4-9,11-12,14-15,18,21-22,26,31,39H,2,10,13,16-17,19-20H2,(H2,37,38)/t31-/m0/s1. The molecule has 218 valence electrons. The first kappa shape index (κ1) is 27.6. The molecule has 1 amide bonds. The minimum atomic E-state index is 0.0179. The Labute approximate surface area is 256 Å². The minimum absolute atomic E-state index is 0.0179. The van der Waals surface area contributed by atoms with Crippen LogP contribution < -0.4 is 11.1 Å². The predicted octanol–water partition coefficient (Wildman–Crippen LogP) is 5.47. The largest absolute Gasteiger partial charge is 0.383 e. The molecular formula is C36H33N7O. The van der Waals surface area contributed by atoms with Crippen LogP contribution in [-0.2, 0) is 11.2 Å². The normalized spacial score (nSPS) is 16.5. The van der Waals surface area contributed by atoms with E-state index in [1.807, 2.05) is 53.4 Å². The average molecular weight is 580 g/mol. The summed E-state index contributed by atoms with van der Waals surface area (Å²) in [6.07, 6.45) is 12.7. The Hall–Kier alpha value is -5.26. The van der Waals surface area contributed by atoms with Gasteiger partial charge in [-0.25, -0.2) is 15.0 Å². The number of benzene rings is 2. The van der Waals surface area contributed by atoms with Crippen molar-refractivity contribution in [1.82, 2.24) is 29.7 Å². The summed E-state index contributed by atoms with van der Waals surface area (Å²) < 4.78 is 2.09. The number of carbonyl (C=O) groups excluding carboxylic acids is 1. The van der Waals surface area contributed by atoms with Crippen molar-refractivity contribution in [2.75, 3.05) is 18.8 Å². The second-order valence-corrected chi connectivity index (χ2v) is 11.4. The van der Waals surface area contributed by atoms with Gasteiger partial charge in [0.1, 0.15) is 11.3 Å². The van der Waals surface area contributed by atoms with E-state index in [9.17, 15) is 4.79 Å². The number of likely N-dealkylation sites (tertiary alicyclic amines) is 1. The van der Waals surface area contributed by atoms with Gasteiger partial charge in [0.25, 0.3) is 0 Å². The fourth-order valence-electron chi connectivity index (χ4n) is 6.51. The smallest absolute Gasteiger partial charge is 0.245 e. The van der Waals surface area contributed by atoms with E-state index < -0.39 is 0 Å². The number of hydrogen-bond donors (Lipinski definition) is 2. The Morgan fingerprint density at radius 1 is 1.05 bits per heavy atom. The number of anilines is 1. The van der Waals surface area contributed by atoms with Crippen LogP contribution in [0.15, 0.2) is 85.6 Å². The summed E-state index contributed by atoms with van der Waals surface area (Å²) in [7, 11) is 0. The van der Waals surface area contributed by atoms with Gasteiger partial charge in [-0.3, -0.25) is 9.36 Å². The van der Waals surface area contributed by atoms with Crippen LogP contribution in [0.3, 0.4) is 0 Å². The second-order valence-electron chi connectivity index (χ2n) is 11.4. The Bertz CT molecular complexity index is 1940. The van der Waals surface area contributed by atoms with Crippen LogP contribution in [0.5, 0.6) is 0 Å². The zero-order valence-electron chi connectivity index (χ0n) is 24.4. The molecule has 2 aromatic carbocycles. The lowest BCUT2D eigenvalue weighted by atomic mass is 10.0. The number of nitrogen functional groups attached to an aromatic ring is 1. The van der Waals surface area contributed by atoms with Crippen LogP contribution in [0.25, 0.3) is 39.5 Å². The molecule has 8 nitrogen and oxygen atoms in total. The number of amides is 1. The summed E-state index contributed by atoms with van der Waals surface area (Å²) in [5, 5.41) is 3.88. The van der Waals surface area contributed by atoms with Crippen molar-refractivity contribution >= 4 is 22.9 Å². The number of aryl methyl sites for hydroxylation is 1. The molecule has 7 rings (SSSR count). The van der Waals surface area contributed by atoms with Gasteiger partial charge in [-0.2, -0.15) is 0 Å². The number of nitrogens with one attached hydrogen (secondary N) is 1. The molecular weight excluding hydrogens is 546 g/mol. The fourth-order valence-corrected chi connectivity index (χ4v) is 6.51. The molecule has 0 saturated carbocycles. The lowest BCUT2D eigenvalue weighted by Crippen LogP contribution is -2.45. The molecule has 1 aliphatic heterocycles. The lowest BCUT2D eigenvalue weighted by molar-refractivity contribution is -0.127. The van der Waals surface area contributed by atoms with Gasteiger partial charge in [0.05, 0.1) is 11.3 Å². The molecule has 5 aromatic rings. The van der Waals surface area contributed by atoms with Gasteiger partial charge in [0.15, 0.2) is 11.5 Å². The summed E-state index contributed by atoms with van der Waals surface area (Å²) in [6, 6.07) is 22.9. The molecule has 1 saturated heterocycles. The molecule has 1 fully saturated rings. The van der Waals surface area contributed by atoms with Gasteiger partial charge in [0, 0.05) is 48.2 Å². The van der Waals surface area contributed by atoms with E-state index in [1.165, 1.54) is 17.2 Å². The van der Waals surface area contributed by atoms with Crippen molar-refractivity contribution in [2.45, 2.75) is 37.8 Å². The maximum atomic E-state index is 12.0. The molecule has 0 radical (unpaired) electrons. The minimum Gasteiger partial charge on any atom is -0.383 e. The zero-order valence-corrected chi connectivity index (χ0v) is 24.4. The monoisotopic (exact) mass is 579 g/mol. The number of fused-ring (bicyclic) bond motifs is 2. The number of aromatic nitrogens is 4. The van der Waals surface area contributed by atoms with Gasteiger partial charge < -0.3 is 16.0 Å². The molecule has 1 aliphatic carbocycles. The third-order valence-corrected chi connectivity index (χ3v) is 8.79. The van der Waals surface area contributed by atoms with Crippen LogP contribution >= 0.6 is 0 Å². The van der Waals surface area contributed by atoms with E-state index in [2.05, 4.69) is 45.6 Å². The van der Waals surface area contributed by atoms with E-state index in [-0.39, 0.29) is 11.9 Å². The fraction of sp³-hybridized carbons (Fsp3) is 0.222. The number of pyridine rings is 2. The second kappa shape index (κ2) is 11.4. The molecule has 4 heterocycles. The molecule has 0 unspecified atom stereocenters. The molecule has 2 aliphatic rings. The topological polar surface area (TPSA) is 102 Å². The van der Waals surface area contributed by atoms with Crippen LogP contribution in [0.2, 0.25) is 0 Å². The molecule has 8 heteroatoms. The van der Waals surface area contributed by atoms with E-state index in [1.54, 1.807) is 6.20 Å². The van der Waals surface area contributed by atoms with Crippen molar-refractivity contribution in [3.63, 3.8) is 0 Å². The van der Waals surface area contributed by atoms with Gasteiger partial charge >= 0.3 is 0 Å². The number of hydrogen-bond acceptors (Lipinski definition) is 6. The summed E-state index contributed by atoms with van der Waals surface area (Å²) >= 11 is 0. The summed E-state index contributed by atoms with van der Waals surface area (Å²) in [5.74, 6) is 3.84. The van der Waals surface area contributed by atoms with Crippen LogP contribution in [-0.4, -0.2) is 49.5 Å². The van der Waals surface area contributed by atoms with Crippen molar-refractivity contribution < 1.29 is 4.79 Å². The maximum Gasteiger partial charge on any atom is 0.245 e. The van der Waals surface area contributed by atoms with Gasteiger partial charge in [-0.15, -0.1) is 6.42 Å². The number of rotatable bonds is 6. The van der Waals surface area contributed by atoms with Gasteiger partial charge in [-0.05, 0) is 91.4 Å². The number of piperidine rings is 1. The molecule has 3 aromatic heterocycles. The summed E-state index contributed by atoms with van der Waals surface area (Å²) in [4.78, 5) is 28.3. The first-order chi connectivity index (χ1) is 21.5. The van der Waals surface area contributed by atoms with E-state index in [4.69, 9.17) is 22.1 Å². The van der Waals surface area contributed by atoms with E-state index in [0.717, 1.165) is 78.0 Å². The molecule has 44 heavy (non-hydrogen) atoms. The van der Waals surface area contributed by atoms with Crippen LogP contribution in [0, 0.1) is 12.3 Å². The Kier molecular flexibility index (Phi) is 7.17. The summed E-state index contributed by atoms with van der Waals surface area (Å²) in [5.41, 5.74) is 14.8. The SMILES string of the molecule is C#Cc1cccc(-c2ccc3nc(-c4cccnc4N)n(-c4ccc5c(c4)CC[C@@H]5NC4CCN(C(=O)C=C)CC4)c3n2)c1. The number of imidazole rings is 1. The Balaban J connectivity index is 1.25. The molecule has 3 N–H and O–H groups in total. The van der Waals surface area contributed by atoms with E-state index in [0.29, 0.717) is 17.7 Å². The highest BCUT2D eigenvalue weighted by Crippen LogP contribution is 2.37. The maximum absolute atomic E-state index is 12.0. The van der Waals surface area contributed by atoms with Gasteiger partial charge in [0.2, 0.25) is 5.91 Å². The lowest BCUT2D eigenvalue weighted by Gasteiger charge is -2.33. The van der Waals surface area contributed by atoms with E-state index >= 15 is 0 Å². The highest BCUT2D eigenvalue weighted by molar-refractivity contribution is 5.87. The van der Waals surface area contributed by atoms with Crippen molar-refractivity contribution in [1.29, 1.82) is 0 Å². The highest BCUT2D eigenvalue weighted by Gasteiger charge is 2.29. The number of nitrogens with two attached hydrogens (primary N) is 1. The third-order valence-electron chi connectivity index (χ3n) is 8.79. The third kappa shape index (κ3) is 5.01. The zero-order chi connectivity index (χ0) is 30.2. The van der Waals surface area contributed by atoms with Crippen molar-refractivity contribution in [3.05, 3.63) is 102 Å². The highest BCUT2D eigenvalue weighted by atomic mass is 16.2. The Morgan fingerprint density at radius 2 is 1.91 bits per heavy atom. The summed E-state index contributed by atoms with van der Waals surface area (Å²) in [6.45, 7) is 5.15. The quantitative estimate of drug-likeness (QED) is 0.204. The first-order valence-corrected chi connectivity index (χ1v) is 15.0. The average Bonchev–Trinajstić information content (AvgIpc) is 3.65. The van der Waals surface area contributed by atoms with Crippen LogP contribution in [0.1, 0.15) is 42.0 Å². The predicted molar refractivity (Wildman–Crippen MR) is 174 cm³/mol. The molecule has 0 spiro atoms. The number of carbonyl (C=O) groups is 1. The number of terminal acetylenes is 1. The van der Waals surface area contributed by atoms with Gasteiger partial charge in [-0.1, -0.05) is 30.7 Å². The Morgan fingerprint density at radius 3 is 2.70 bits per heavy atom. The van der Waals surface area contributed by atoms with Crippen molar-refractivity contribution in [2.24, 2.45) is 0 Å².